The van der Waals surface area contributed by atoms with E-state index >= 15 is 0 Å². The van der Waals surface area contributed by atoms with E-state index in [4.69, 9.17) is 9.90 Å². The van der Waals surface area contributed by atoms with Crippen molar-refractivity contribution in [1.82, 2.24) is 29.1 Å². The Hall–Kier alpha value is -4.29. The number of carbonyl (C=O) groups excluding carboxylic acids is 1. The number of imidazole rings is 1. The Kier molecular flexibility index (Phi) is 6.94. The number of carbonyl (C=O) groups is 2. The first-order valence-corrected chi connectivity index (χ1v) is 9.89. The van der Waals surface area contributed by atoms with E-state index < -0.39 is 12.1 Å². The van der Waals surface area contributed by atoms with Gasteiger partial charge in [-0.1, -0.05) is 0 Å². The fourth-order valence-corrected chi connectivity index (χ4v) is 2.97. The van der Waals surface area contributed by atoms with Crippen molar-refractivity contribution in [2.24, 2.45) is 0 Å². The lowest BCUT2D eigenvalue weighted by atomic mass is 10.3. The van der Waals surface area contributed by atoms with E-state index in [1.165, 1.54) is 0 Å². The highest BCUT2D eigenvalue weighted by Crippen LogP contribution is 2.25. The topological polar surface area (TPSA) is 127 Å². The van der Waals surface area contributed by atoms with E-state index in [0.29, 0.717) is 17.2 Å². The maximum Gasteiger partial charge on any atom is 0.490 e. The minimum Gasteiger partial charge on any atom is -0.475 e. The van der Waals surface area contributed by atoms with Crippen LogP contribution < -0.4 is 5.32 Å². The summed E-state index contributed by atoms with van der Waals surface area (Å²) in [5, 5.41) is 14.3. The Bertz CT molecular complexity index is 1330. The molecule has 0 aromatic carbocycles. The van der Waals surface area contributed by atoms with Crippen molar-refractivity contribution >= 4 is 23.2 Å². The number of anilines is 1. The van der Waals surface area contributed by atoms with Crippen LogP contribution in [0.15, 0.2) is 49.2 Å². The van der Waals surface area contributed by atoms with Gasteiger partial charge in [-0.25, -0.2) is 14.8 Å². The smallest absolute Gasteiger partial charge is 0.475 e. The predicted molar refractivity (Wildman–Crippen MR) is 115 cm³/mol. The summed E-state index contributed by atoms with van der Waals surface area (Å²) in [7, 11) is 0. The normalized spacial score (nSPS) is 11.3. The molecule has 4 aromatic heterocycles. The highest BCUT2D eigenvalue weighted by Gasteiger charge is 2.38. The van der Waals surface area contributed by atoms with Gasteiger partial charge in [0.25, 0.3) is 5.91 Å². The van der Waals surface area contributed by atoms with Crippen LogP contribution in [0.4, 0.5) is 19.0 Å². The number of aromatic nitrogens is 6. The van der Waals surface area contributed by atoms with Crippen LogP contribution >= 0.6 is 0 Å². The number of hydrogen-bond acceptors (Lipinski definition) is 6. The van der Waals surface area contributed by atoms with Crippen LogP contribution in [0, 0.1) is 6.92 Å². The van der Waals surface area contributed by atoms with E-state index in [0.717, 1.165) is 11.3 Å². The van der Waals surface area contributed by atoms with Crippen molar-refractivity contribution in [3.63, 3.8) is 0 Å². The highest BCUT2D eigenvalue weighted by atomic mass is 19.4. The summed E-state index contributed by atoms with van der Waals surface area (Å²) in [6, 6.07) is 5.73. The minimum atomic E-state index is -5.08. The average Bonchev–Trinajstić information content (AvgIpc) is 3.38. The Morgan fingerprint density at radius 1 is 1.15 bits per heavy atom. The number of fused-ring (bicyclic) bond motifs is 1. The number of pyridine rings is 1. The van der Waals surface area contributed by atoms with Crippen LogP contribution in [0.1, 0.15) is 35.9 Å². The number of carboxylic acids is 1. The van der Waals surface area contributed by atoms with Gasteiger partial charge in [0.05, 0.1) is 11.7 Å². The number of carboxylic acid groups (broad SMARTS) is 1. The quantitative estimate of drug-likeness (QED) is 0.460. The number of hydrogen-bond donors (Lipinski definition) is 2. The van der Waals surface area contributed by atoms with Crippen LogP contribution in [0.3, 0.4) is 0 Å². The molecule has 4 rings (SSSR count). The third kappa shape index (κ3) is 5.36. The van der Waals surface area contributed by atoms with Crippen LogP contribution in [0.5, 0.6) is 0 Å². The second-order valence-electron chi connectivity index (χ2n) is 7.35. The molecule has 0 aliphatic rings. The molecule has 0 spiro atoms. The second-order valence-corrected chi connectivity index (χ2v) is 7.35. The van der Waals surface area contributed by atoms with Crippen molar-refractivity contribution in [3.8, 4) is 11.5 Å². The summed E-state index contributed by atoms with van der Waals surface area (Å²) in [5.74, 6) is -1.97. The summed E-state index contributed by atoms with van der Waals surface area (Å²) >= 11 is 0. The lowest BCUT2D eigenvalue weighted by molar-refractivity contribution is -0.192. The van der Waals surface area contributed by atoms with Gasteiger partial charge in [0, 0.05) is 30.8 Å². The Morgan fingerprint density at radius 3 is 2.47 bits per heavy atom. The zero-order valence-electron chi connectivity index (χ0n) is 18.3. The molecule has 1 amide bonds. The third-order valence-electron chi connectivity index (χ3n) is 4.45. The van der Waals surface area contributed by atoms with Crippen LogP contribution in [0.25, 0.3) is 17.0 Å². The van der Waals surface area contributed by atoms with Gasteiger partial charge in [-0.15, -0.1) is 0 Å². The lowest BCUT2D eigenvalue weighted by Gasteiger charge is -2.09. The number of nitrogens with one attached hydrogen (secondary N) is 1. The first-order valence-electron chi connectivity index (χ1n) is 9.89. The van der Waals surface area contributed by atoms with E-state index in [1.807, 2.05) is 48.1 Å². The molecule has 0 radical (unpaired) electrons. The van der Waals surface area contributed by atoms with E-state index in [-0.39, 0.29) is 17.6 Å². The summed E-state index contributed by atoms with van der Waals surface area (Å²) in [6.45, 7) is 6.04. The highest BCUT2D eigenvalue weighted by molar-refractivity contribution is 6.07. The first-order chi connectivity index (χ1) is 16.0. The molecule has 0 fully saturated rings. The maximum absolute atomic E-state index is 12.9. The monoisotopic (exact) mass is 475 g/mol. The summed E-state index contributed by atoms with van der Waals surface area (Å²) < 4.78 is 35.5. The Morgan fingerprint density at radius 2 is 1.85 bits per heavy atom. The molecule has 0 saturated carbocycles. The van der Waals surface area contributed by atoms with E-state index in [2.05, 4.69) is 25.4 Å². The van der Waals surface area contributed by atoms with Crippen LogP contribution in [-0.2, 0) is 4.79 Å². The predicted octanol–water partition coefficient (Wildman–Crippen LogP) is 3.76. The van der Waals surface area contributed by atoms with Crippen molar-refractivity contribution < 1.29 is 27.9 Å². The molecule has 4 heterocycles. The number of halogens is 3. The Balaban J connectivity index is 0.000000406. The summed E-state index contributed by atoms with van der Waals surface area (Å²) in [4.78, 5) is 34.7. The molecule has 0 aliphatic heterocycles. The molecular weight excluding hydrogens is 455 g/mol. The van der Waals surface area contributed by atoms with Gasteiger partial charge >= 0.3 is 12.1 Å². The molecule has 178 valence electrons. The van der Waals surface area contributed by atoms with Gasteiger partial charge in [0.2, 0.25) is 0 Å². The molecule has 0 atom stereocenters. The largest absolute Gasteiger partial charge is 0.490 e. The van der Waals surface area contributed by atoms with Gasteiger partial charge in [-0.2, -0.15) is 18.3 Å². The molecule has 0 unspecified atom stereocenters. The molecule has 34 heavy (non-hydrogen) atoms. The molecule has 4 aromatic rings. The van der Waals surface area contributed by atoms with Crippen molar-refractivity contribution in [2.75, 3.05) is 5.32 Å². The van der Waals surface area contributed by atoms with Crippen LogP contribution in [-0.4, -0.2) is 52.3 Å². The van der Waals surface area contributed by atoms with Gasteiger partial charge in [-0.3, -0.25) is 18.9 Å². The summed E-state index contributed by atoms with van der Waals surface area (Å²) in [5.41, 5.74) is 2.75. The average molecular weight is 475 g/mol. The lowest BCUT2D eigenvalue weighted by Crippen LogP contribution is -2.21. The molecular formula is C21H20F3N7O3. The SMILES string of the molecule is Cc1ccnc(NC(=O)c2nc(-c3ccnn3C(C)C)n3ccncc23)c1.O=C(O)C(F)(F)F. The van der Waals surface area contributed by atoms with Gasteiger partial charge in [0.15, 0.2) is 11.5 Å². The molecule has 10 nitrogen and oxygen atoms in total. The molecule has 13 heteroatoms. The molecule has 2 N–H and O–H groups in total. The number of amides is 1. The first kappa shape index (κ1) is 24.4. The van der Waals surface area contributed by atoms with Gasteiger partial charge < -0.3 is 10.4 Å². The number of aliphatic carboxylic acids is 1. The molecule has 0 bridgehead atoms. The molecule has 0 aliphatic carbocycles. The third-order valence-corrected chi connectivity index (χ3v) is 4.45. The number of aryl methyl sites for hydroxylation is 1. The Labute approximate surface area is 191 Å². The van der Waals surface area contributed by atoms with Gasteiger partial charge in [0.1, 0.15) is 11.5 Å². The number of nitrogens with zero attached hydrogens (tertiary/aromatic N) is 6. The van der Waals surface area contributed by atoms with E-state index in [9.17, 15) is 18.0 Å². The fraction of sp³-hybridized carbons (Fsp3) is 0.238. The standard InChI is InChI=1S/C19H19N7O.C2HF3O2/c1-12(2)26-14(5-7-22-26)18-24-17(15-11-20-8-9-25(15)18)19(27)23-16-10-13(3)4-6-21-16;3-2(4,5)1(6)7/h4-12H,1-3H3,(H,21,23,27);(H,6,7). The van der Waals surface area contributed by atoms with E-state index in [1.54, 1.807) is 31.0 Å². The number of rotatable bonds is 4. The van der Waals surface area contributed by atoms with Crippen molar-refractivity contribution in [2.45, 2.75) is 33.0 Å². The van der Waals surface area contributed by atoms with Crippen molar-refractivity contribution in [3.05, 3.63) is 60.4 Å². The fourth-order valence-electron chi connectivity index (χ4n) is 2.97. The number of alkyl halides is 3. The zero-order valence-corrected chi connectivity index (χ0v) is 18.3. The molecule has 0 saturated heterocycles. The minimum absolute atomic E-state index is 0.165. The maximum atomic E-state index is 12.9. The second kappa shape index (κ2) is 9.68. The van der Waals surface area contributed by atoms with Crippen LogP contribution in [0.2, 0.25) is 0 Å². The van der Waals surface area contributed by atoms with Crippen molar-refractivity contribution in [1.29, 1.82) is 0 Å². The summed E-state index contributed by atoms with van der Waals surface area (Å²) in [6.07, 6.45) is 3.39. The van der Waals surface area contributed by atoms with Gasteiger partial charge in [-0.05, 0) is 44.5 Å². The zero-order chi connectivity index (χ0) is 25.0.